The summed E-state index contributed by atoms with van der Waals surface area (Å²) < 4.78 is 11.0. The van der Waals surface area contributed by atoms with Crippen molar-refractivity contribution in [2.75, 3.05) is 47.0 Å². The predicted octanol–water partition coefficient (Wildman–Crippen LogP) is 2.56. The van der Waals surface area contributed by atoms with E-state index in [1.54, 1.807) is 7.11 Å². The van der Waals surface area contributed by atoms with Crippen LogP contribution in [-0.2, 0) is 11.3 Å². The Morgan fingerprint density at radius 2 is 2.07 bits per heavy atom. The summed E-state index contributed by atoms with van der Waals surface area (Å²) in [7, 11) is 3.52. The van der Waals surface area contributed by atoms with Gasteiger partial charge in [0, 0.05) is 58.4 Å². The van der Waals surface area contributed by atoms with Crippen molar-refractivity contribution in [1.82, 2.24) is 15.5 Å². The number of guanidine groups is 1. The van der Waals surface area contributed by atoms with E-state index < -0.39 is 0 Å². The van der Waals surface area contributed by atoms with Crippen molar-refractivity contribution < 1.29 is 9.47 Å². The number of rotatable bonds is 12. The molecule has 0 spiro atoms. The molecule has 1 aromatic rings. The second-order valence-corrected chi connectivity index (χ2v) is 7.02. The SMILES string of the molecule is CCN(CCNC(=NC)NCc1ccc(C)cc1OCCCOC)C1CC1. The second-order valence-electron chi connectivity index (χ2n) is 7.02. The summed E-state index contributed by atoms with van der Waals surface area (Å²) in [6.45, 7) is 9.44. The number of aliphatic imine (C=N–C) groups is 1. The Bertz CT molecular complexity index is 588. The molecule has 1 saturated carbocycles. The average molecular weight is 377 g/mol. The average Bonchev–Trinajstić information content (AvgIpc) is 3.51. The smallest absolute Gasteiger partial charge is 0.191 e. The summed E-state index contributed by atoms with van der Waals surface area (Å²) in [5.74, 6) is 1.76. The number of nitrogens with one attached hydrogen (secondary N) is 2. The molecular formula is C21H36N4O2. The van der Waals surface area contributed by atoms with Crippen LogP contribution in [0.1, 0.15) is 37.3 Å². The monoisotopic (exact) mass is 376 g/mol. The van der Waals surface area contributed by atoms with Crippen LogP contribution in [0.25, 0.3) is 0 Å². The lowest BCUT2D eigenvalue weighted by atomic mass is 10.1. The number of nitrogens with zero attached hydrogens (tertiary/aromatic N) is 2. The molecule has 0 aromatic heterocycles. The van der Waals surface area contributed by atoms with Crippen LogP contribution in [0.4, 0.5) is 0 Å². The topological polar surface area (TPSA) is 58.1 Å². The highest BCUT2D eigenvalue weighted by atomic mass is 16.5. The summed E-state index contributed by atoms with van der Waals surface area (Å²) in [4.78, 5) is 6.87. The summed E-state index contributed by atoms with van der Waals surface area (Å²) in [6, 6.07) is 7.13. The van der Waals surface area contributed by atoms with E-state index in [2.05, 4.69) is 52.6 Å². The second kappa shape index (κ2) is 11.8. The lowest BCUT2D eigenvalue weighted by Gasteiger charge is -2.21. The van der Waals surface area contributed by atoms with Crippen LogP contribution in [0, 0.1) is 6.92 Å². The van der Waals surface area contributed by atoms with Crippen molar-refractivity contribution in [2.24, 2.45) is 4.99 Å². The summed E-state index contributed by atoms with van der Waals surface area (Å²) >= 11 is 0. The molecule has 6 nitrogen and oxygen atoms in total. The maximum atomic E-state index is 5.96. The quantitative estimate of drug-likeness (QED) is 0.334. The summed E-state index contributed by atoms with van der Waals surface area (Å²) in [5, 5.41) is 6.82. The van der Waals surface area contributed by atoms with Gasteiger partial charge in [0.15, 0.2) is 5.96 Å². The van der Waals surface area contributed by atoms with Crippen molar-refractivity contribution in [3.63, 3.8) is 0 Å². The molecule has 0 bridgehead atoms. The van der Waals surface area contributed by atoms with Gasteiger partial charge in [-0.1, -0.05) is 19.1 Å². The first-order valence-corrected chi connectivity index (χ1v) is 10.1. The Hall–Kier alpha value is -1.79. The summed E-state index contributed by atoms with van der Waals surface area (Å²) in [6.07, 6.45) is 3.58. The first-order chi connectivity index (χ1) is 13.2. The standard InChI is InChI=1S/C21H36N4O2/c1-5-25(19-9-10-19)12-11-23-21(22-3)24-16-18-8-7-17(2)15-20(18)27-14-6-13-26-4/h7-8,15,19H,5-6,9-14,16H2,1-4H3,(H2,22,23,24). The lowest BCUT2D eigenvalue weighted by molar-refractivity contribution is 0.171. The molecule has 0 saturated heterocycles. The number of ether oxygens (including phenoxy) is 2. The number of methoxy groups -OCH3 is 1. The molecule has 0 heterocycles. The Kier molecular flexibility index (Phi) is 9.42. The highest BCUT2D eigenvalue weighted by Gasteiger charge is 2.27. The maximum Gasteiger partial charge on any atom is 0.191 e. The zero-order valence-electron chi connectivity index (χ0n) is 17.4. The molecule has 1 aromatic carbocycles. The van der Waals surface area contributed by atoms with E-state index in [1.807, 2.05) is 7.05 Å². The Morgan fingerprint density at radius 1 is 1.26 bits per heavy atom. The van der Waals surface area contributed by atoms with Crippen molar-refractivity contribution >= 4 is 5.96 Å². The van der Waals surface area contributed by atoms with Crippen molar-refractivity contribution in [1.29, 1.82) is 0 Å². The van der Waals surface area contributed by atoms with Gasteiger partial charge in [0.25, 0.3) is 0 Å². The van der Waals surface area contributed by atoms with Gasteiger partial charge in [0.05, 0.1) is 6.61 Å². The van der Waals surface area contributed by atoms with E-state index in [9.17, 15) is 0 Å². The molecule has 1 fully saturated rings. The van der Waals surface area contributed by atoms with Crippen LogP contribution in [0.3, 0.4) is 0 Å². The molecule has 0 atom stereocenters. The first-order valence-electron chi connectivity index (χ1n) is 10.1. The molecule has 0 aliphatic heterocycles. The maximum absolute atomic E-state index is 5.96. The molecule has 0 radical (unpaired) electrons. The largest absolute Gasteiger partial charge is 0.493 e. The van der Waals surface area contributed by atoms with Crippen molar-refractivity contribution in [3.8, 4) is 5.75 Å². The lowest BCUT2D eigenvalue weighted by Crippen LogP contribution is -2.41. The first kappa shape index (κ1) is 21.5. The Labute approximate surface area is 164 Å². The number of aryl methyl sites for hydroxylation is 1. The van der Waals surface area contributed by atoms with E-state index in [4.69, 9.17) is 9.47 Å². The van der Waals surface area contributed by atoms with Gasteiger partial charge in [0.2, 0.25) is 0 Å². The minimum atomic E-state index is 0.658. The Balaban J connectivity index is 1.80. The number of hydrogen-bond acceptors (Lipinski definition) is 4. The fourth-order valence-corrected chi connectivity index (χ4v) is 3.08. The van der Waals surface area contributed by atoms with E-state index >= 15 is 0 Å². The van der Waals surface area contributed by atoms with Gasteiger partial charge in [-0.05, 0) is 37.9 Å². The van der Waals surface area contributed by atoms with Gasteiger partial charge in [-0.3, -0.25) is 9.89 Å². The van der Waals surface area contributed by atoms with Gasteiger partial charge in [-0.15, -0.1) is 0 Å². The van der Waals surface area contributed by atoms with Gasteiger partial charge in [-0.25, -0.2) is 0 Å². The van der Waals surface area contributed by atoms with Crippen LogP contribution in [0.5, 0.6) is 5.75 Å². The molecule has 0 unspecified atom stereocenters. The highest BCUT2D eigenvalue weighted by molar-refractivity contribution is 5.79. The highest BCUT2D eigenvalue weighted by Crippen LogP contribution is 2.25. The normalized spacial score (nSPS) is 14.5. The van der Waals surface area contributed by atoms with Gasteiger partial charge in [0.1, 0.15) is 5.75 Å². The van der Waals surface area contributed by atoms with Crippen LogP contribution in [-0.4, -0.2) is 63.9 Å². The molecule has 1 aliphatic rings. The van der Waals surface area contributed by atoms with E-state index in [1.165, 1.54) is 18.4 Å². The van der Waals surface area contributed by atoms with E-state index in [-0.39, 0.29) is 0 Å². The van der Waals surface area contributed by atoms with Crippen LogP contribution >= 0.6 is 0 Å². The third kappa shape index (κ3) is 7.77. The molecule has 0 amide bonds. The van der Waals surface area contributed by atoms with Gasteiger partial charge in [-0.2, -0.15) is 0 Å². The molecule has 2 rings (SSSR count). The third-order valence-electron chi connectivity index (χ3n) is 4.80. The summed E-state index contributed by atoms with van der Waals surface area (Å²) in [5.41, 5.74) is 2.33. The molecule has 152 valence electrons. The third-order valence-corrected chi connectivity index (χ3v) is 4.80. The van der Waals surface area contributed by atoms with Crippen molar-refractivity contribution in [3.05, 3.63) is 29.3 Å². The van der Waals surface area contributed by atoms with E-state index in [0.29, 0.717) is 19.8 Å². The molecular weight excluding hydrogens is 340 g/mol. The fraction of sp³-hybridized carbons (Fsp3) is 0.667. The molecule has 27 heavy (non-hydrogen) atoms. The minimum Gasteiger partial charge on any atom is -0.493 e. The van der Waals surface area contributed by atoms with Crippen LogP contribution in [0.15, 0.2) is 23.2 Å². The molecule has 1 aliphatic carbocycles. The van der Waals surface area contributed by atoms with Gasteiger partial charge >= 0.3 is 0 Å². The zero-order valence-corrected chi connectivity index (χ0v) is 17.4. The Morgan fingerprint density at radius 3 is 2.74 bits per heavy atom. The fourth-order valence-electron chi connectivity index (χ4n) is 3.08. The van der Waals surface area contributed by atoms with Crippen LogP contribution in [0.2, 0.25) is 0 Å². The number of likely N-dealkylation sites (N-methyl/N-ethyl adjacent to an activating group) is 1. The zero-order chi connectivity index (χ0) is 19.5. The number of benzene rings is 1. The molecule has 2 N–H and O–H groups in total. The van der Waals surface area contributed by atoms with Crippen LogP contribution < -0.4 is 15.4 Å². The minimum absolute atomic E-state index is 0.658. The number of hydrogen-bond donors (Lipinski definition) is 2. The van der Waals surface area contributed by atoms with Crippen molar-refractivity contribution in [2.45, 2.75) is 45.7 Å². The van der Waals surface area contributed by atoms with E-state index in [0.717, 1.165) is 49.4 Å². The predicted molar refractivity (Wildman–Crippen MR) is 112 cm³/mol. The molecule has 6 heteroatoms. The van der Waals surface area contributed by atoms with Gasteiger partial charge < -0.3 is 20.1 Å².